The standard InChI is InChI=1S/C12H14F2/c1-8-4-3-5-10-6-7-12(13,14)9(2)11(8)10/h3-5,9H,6-7H2,1-2H3. The molecule has 0 aliphatic heterocycles. The molecule has 0 nitrogen and oxygen atoms in total. The molecule has 0 heterocycles. The van der Waals surface area contributed by atoms with Gasteiger partial charge < -0.3 is 0 Å². The van der Waals surface area contributed by atoms with Crippen molar-refractivity contribution in [2.45, 2.75) is 38.5 Å². The van der Waals surface area contributed by atoms with Crippen LogP contribution in [-0.4, -0.2) is 5.92 Å². The van der Waals surface area contributed by atoms with Gasteiger partial charge in [-0.05, 0) is 30.0 Å². The summed E-state index contributed by atoms with van der Waals surface area (Å²) in [6.45, 7) is 3.54. The number of rotatable bonds is 0. The quantitative estimate of drug-likeness (QED) is 0.593. The predicted molar refractivity (Wildman–Crippen MR) is 52.9 cm³/mol. The lowest BCUT2D eigenvalue weighted by molar-refractivity contribution is -0.0362. The van der Waals surface area contributed by atoms with Crippen LogP contribution in [0.25, 0.3) is 0 Å². The lowest BCUT2D eigenvalue weighted by Crippen LogP contribution is -2.30. The normalized spacial score (nSPS) is 24.4. The molecule has 1 aliphatic rings. The molecule has 0 saturated carbocycles. The minimum absolute atomic E-state index is 0.00931. The Labute approximate surface area is 82.9 Å². The van der Waals surface area contributed by atoms with Crippen molar-refractivity contribution in [3.63, 3.8) is 0 Å². The van der Waals surface area contributed by atoms with E-state index in [4.69, 9.17) is 0 Å². The average molecular weight is 196 g/mol. The maximum absolute atomic E-state index is 13.5. The molecule has 1 atom stereocenters. The van der Waals surface area contributed by atoms with Crippen LogP contribution in [0.3, 0.4) is 0 Å². The lowest BCUT2D eigenvalue weighted by Gasteiger charge is -2.32. The van der Waals surface area contributed by atoms with Crippen molar-refractivity contribution in [2.24, 2.45) is 0 Å². The molecule has 1 aromatic rings. The molecule has 2 rings (SSSR count). The molecule has 14 heavy (non-hydrogen) atoms. The van der Waals surface area contributed by atoms with E-state index in [1.807, 2.05) is 25.1 Å². The van der Waals surface area contributed by atoms with Crippen LogP contribution in [0.15, 0.2) is 18.2 Å². The number of hydrogen-bond acceptors (Lipinski definition) is 0. The van der Waals surface area contributed by atoms with E-state index in [0.717, 1.165) is 16.7 Å². The van der Waals surface area contributed by atoms with Gasteiger partial charge in [-0.15, -0.1) is 0 Å². The Morgan fingerprint density at radius 1 is 1.36 bits per heavy atom. The molecule has 0 N–H and O–H groups in total. The van der Waals surface area contributed by atoms with Gasteiger partial charge in [0, 0.05) is 12.3 Å². The highest BCUT2D eigenvalue weighted by Gasteiger charge is 2.41. The summed E-state index contributed by atoms with van der Waals surface area (Å²) >= 11 is 0. The van der Waals surface area contributed by atoms with Gasteiger partial charge in [0.25, 0.3) is 5.92 Å². The van der Waals surface area contributed by atoms with E-state index in [2.05, 4.69) is 0 Å². The highest BCUT2D eigenvalue weighted by Crippen LogP contribution is 2.43. The summed E-state index contributed by atoms with van der Waals surface area (Å²) in [6, 6.07) is 5.83. The second-order valence-electron chi connectivity index (χ2n) is 4.13. The Bertz CT molecular complexity index is 355. The first-order valence-electron chi connectivity index (χ1n) is 4.98. The third kappa shape index (κ3) is 1.33. The zero-order valence-electron chi connectivity index (χ0n) is 8.48. The third-order valence-corrected chi connectivity index (χ3v) is 3.21. The second kappa shape index (κ2) is 3.04. The average Bonchev–Trinajstić information content (AvgIpc) is 2.12. The van der Waals surface area contributed by atoms with Crippen molar-refractivity contribution in [3.8, 4) is 0 Å². The maximum atomic E-state index is 13.5. The van der Waals surface area contributed by atoms with Gasteiger partial charge in [-0.3, -0.25) is 0 Å². The molecule has 1 unspecified atom stereocenters. The SMILES string of the molecule is Cc1cccc2c1C(C)C(F)(F)CC2. The van der Waals surface area contributed by atoms with Gasteiger partial charge in [-0.2, -0.15) is 0 Å². The van der Waals surface area contributed by atoms with Crippen LogP contribution >= 0.6 is 0 Å². The molecular weight excluding hydrogens is 182 g/mol. The molecule has 0 spiro atoms. The molecule has 0 amide bonds. The summed E-state index contributed by atoms with van der Waals surface area (Å²) in [5, 5.41) is 0. The zero-order valence-corrected chi connectivity index (χ0v) is 8.48. The molecule has 0 bridgehead atoms. The number of aryl methyl sites for hydroxylation is 2. The van der Waals surface area contributed by atoms with Crippen molar-refractivity contribution in [2.75, 3.05) is 0 Å². The van der Waals surface area contributed by atoms with Crippen LogP contribution in [0.2, 0.25) is 0 Å². The minimum atomic E-state index is -2.53. The first kappa shape index (κ1) is 9.63. The third-order valence-electron chi connectivity index (χ3n) is 3.21. The molecule has 0 fully saturated rings. The van der Waals surface area contributed by atoms with Crippen LogP contribution in [0.4, 0.5) is 8.78 Å². The van der Waals surface area contributed by atoms with Crippen LogP contribution in [0.1, 0.15) is 36.0 Å². The van der Waals surface area contributed by atoms with Gasteiger partial charge in [0.15, 0.2) is 0 Å². The van der Waals surface area contributed by atoms with E-state index < -0.39 is 11.8 Å². The number of fused-ring (bicyclic) bond motifs is 1. The lowest BCUT2D eigenvalue weighted by atomic mass is 9.79. The summed E-state index contributed by atoms with van der Waals surface area (Å²) < 4.78 is 26.9. The summed E-state index contributed by atoms with van der Waals surface area (Å²) in [4.78, 5) is 0. The Morgan fingerprint density at radius 3 is 2.79 bits per heavy atom. The van der Waals surface area contributed by atoms with Crippen molar-refractivity contribution in [1.82, 2.24) is 0 Å². The Balaban J connectivity index is 2.54. The van der Waals surface area contributed by atoms with E-state index in [0.29, 0.717) is 6.42 Å². The molecule has 0 saturated heterocycles. The minimum Gasteiger partial charge on any atom is -0.206 e. The molecule has 2 heteroatoms. The molecule has 1 aliphatic carbocycles. The highest BCUT2D eigenvalue weighted by atomic mass is 19.3. The number of benzene rings is 1. The number of alkyl halides is 2. The molecular formula is C12H14F2. The fourth-order valence-electron chi connectivity index (χ4n) is 2.31. The Morgan fingerprint density at radius 2 is 2.07 bits per heavy atom. The predicted octanol–water partition coefficient (Wildman–Crippen LogP) is 3.68. The van der Waals surface area contributed by atoms with Crippen molar-refractivity contribution in [1.29, 1.82) is 0 Å². The summed E-state index contributed by atoms with van der Waals surface area (Å²) in [7, 11) is 0. The van der Waals surface area contributed by atoms with Crippen molar-refractivity contribution in [3.05, 3.63) is 34.9 Å². The monoisotopic (exact) mass is 196 g/mol. The molecule has 0 radical (unpaired) electrons. The summed E-state index contributed by atoms with van der Waals surface area (Å²) in [5.74, 6) is -3.16. The summed E-state index contributed by atoms with van der Waals surface area (Å²) in [6.07, 6.45) is 0.499. The van der Waals surface area contributed by atoms with E-state index in [1.54, 1.807) is 6.92 Å². The van der Waals surface area contributed by atoms with Crippen LogP contribution in [0.5, 0.6) is 0 Å². The van der Waals surface area contributed by atoms with E-state index in [9.17, 15) is 8.78 Å². The number of halogens is 2. The van der Waals surface area contributed by atoms with Crippen molar-refractivity contribution < 1.29 is 8.78 Å². The van der Waals surface area contributed by atoms with Crippen LogP contribution < -0.4 is 0 Å². The molecule has 76 valence electrons. The largest absolute Gasteiger partial charge is 0.254 e. The van der Waals surface area contributed by atoms with Gasteiger partial charge in [-0.25, -0.2) is 8.78 Å². The Kier molecular flexibility index (Phi) is 2.09. The Hall–Kier alpha value is -0.920. The van der Waals surface area contributed by atoms with Gasteiger partial charge in [0.1, 0.15) is 0 Å². The fourth-order valence-corrected chi connectivity index (χ4v) is 2.31. The fraction of sp³-hybridized carbons (Fsp3) is 0.500. The second-order valence-corrected chi connectivity index (χ2v) is 4.13. The first-order chi connectivity index (χ1) is 6.52. The number of hydrogen-bond donors (Lipinski definition) is 0. The summed E-state index contributed by atoms with van der Waals surface area (Å²) in [5.41, 5.74) is 2.96. The smallest absolute Gasteiger partial charge is 0.206 e. The molecule has 0 aromatic heterocycles. The van der Waals surface area contributed by atoms with E-state index in [1.165, 1.54) is 0 Å². The topological polar surface area (TPSA) is 0 Å². The maximum Gasteiger partial charge on any atom is 0.254 e. The van der Waals surface area contributed by atoms with Gasteiger partial charge in [0.2, 0.25) is 0 Å². The zero-order chi connectivity index (χ0) is 10.3. The highest BCUT2D eigenvalue weighted by molar-refractivity contribution is 5.40. The first-order valence-corrected chi connectivity index (χ1v) is 4.98. The van der Waals surface area contributed by atoms with Crippen molar-refractivity contribution >= 4 is 0 Å². The van der Waals surface area contributed by atoms with E-state index in [-0.39, 0.29) is 6.42 Å². The van der Waals surface area contributed by atoms with Gasteiger partial charge >= 0.3 is 0 Å². The van der Waals surface area contributed by atoms with Gasteiger partial charge in [-0.1, -0.05) is 25.1 Å². The van der Waals surface area contributed by atoms with Gasteiger partial charge in [0.05, 0.1) is 0 Å². The molecule has 1 aromatic carbocycles. The van der Waals surface area contributed by atoms with Crippen LogP contribution in [0, 0.1) is 6.92 Å². The van der Waals surface area contributed by atoms with Crippen LogP contribution in [-0.2, 0) is 6.42 Å². The van der Waals surface area contributed by atoms with E-state index >= 15 is 0 Å².